The first-order valence-corrected chi connectivity index (χ1v) is 15.9. The number of nitrogens with zero attached hydrogens (tertiary/aromatic N) is 1. The number of hydrogen-bond donors (Lipinski definition) is 2. The van der Waals surface area contributed by atoms with Crippen LogP contribution in [0.15, 0.2) is 60.3 Å². The molecular weight excluding hydrogens is 568 g/mol. The maximum atomic E-state index is 13.7. The zero-order chi connectivity index (χ0) is 33.0. The third-order valence-electron chi connectivity index (χ3n) is 9.15. The number of amides is 2. The lowest BCUT2D eigenvalue weighted by Gasteiger charge is -2.28. The number of hydrogen-bond acceptors (Lipinski definition) is 6. The quantitative estimate of drug-likeness (QED) is 0.324. The maximum Gasteiger partial charge on any atom is 0.316 e. The van der Waals surface area contributed by atoms with E-state index in [1.165, 1.54) is 0 Å². The fourth-order valence-electron chi connectivity index (χ4n) is 6.29. The number of aryl methyl sites for hydroxylation is 2. The van der Waals surface area contributed by atoms with E-state index < -0.39 is 30.1 Å². The van der Waals surface area contributed by atoms with Gasteiger partial charge in [-0.25, -0.2) is 0 Å². The summed E-state index contributed by atoms with van der Waals surface area (Å²) < 4.78 is 5.76. The largest absolute Gasteiger partial charge is 0.460 e. The first-order chi connectivity index (χ1) is 21.4. The van der Waals surface area contributed by atoms with Crippen LogP contribution in [0.2, 0.25) is 0 Å². The van der Waals surface area contributed by atoms with Gasteiger partial charge < -0.3 is 20.1 Å². The smallest absolute Gasteiger partial charge is 0.316 e. The predicted octanol–water partition coefficient (Wildman–Crippen LogP) is 5.48. The summed E-state index contributed by atoms with van der Waals surface area (Å²) in [5.74, 6) is -2.00. The Bertz CT molecular complexity index is 1510. The molecule has 2 aliphatic rings. The van der Waals surface area contributed by atoms with Crippen molar-refractivity contribution < 1.29 is 29.0 Å². The molecule has 0 fully saturated rings. The molecule has 2 amide bonds. The number of esters is 1. The highest BCUT2D eigenvalue weighted by Crippen LogP contribution is 2.39. The van der Waals surface area contributed by atoms with E-state index in [0.29, 0.717) is 24.0 Å². The average molecular weight is 615 g/mol. The van der Waals surface area contributed by atoms with Gasteiger partial charge in [0.25, 0.3) is 5.91 Å². The van der Waals surface area contributed by atoms with Crippen molar-refractivity contribution in [3.8, 4) is 0 Å². The topological polar surface area (TPSA) is 113 Å². The van der Waals surface area contributed by atoms with E-state index in [9.17, 15) is 24.3 Å². The van der Waals surface area contributed by atoms with Gasteiger partial charge in [-0.15, -0.1) is 0 Å². The molecule has 2 heterocycles. The predicted molar refractivity (Wildman–Crippen MR) is 173 cm³/mol. The van der Waals surface area contributed by atoms with Crippen LogP contribution in [-0.4, -0.2) is 51.8 Å². The number of carbonyl (C=O) groups excluding carboxylic acids is 4. The molecule has 0 bridgehead atoms. The molecule has 0 radical (unpaired) electrons. The molecule has 1 unspecified atom stereocenters. The lowest BCUT2D eigenvalue weighted by molar-refractivity contribution is -0.150. The Morgan fingerprint density at radius 1 is 1.07 bits per heavy atom. The minimum absolute atomic E-state index is 0.0269. The van der Waals surface area contributed by atoms with Gasteiger partial charge in [-0.2, -0.15) is 0 Å². The first kappa shape index (κ1) is 33.8. The molecule has 5 atom stereocenters. The van der Waals surface area contributed by atoms with Crippen LogP contribution in [0.3, 0.4) is 0 Å². The second-order valence-electron chi connectivity index (χ2n) is 12.7. The third kappa shape index (κ3) is 7.44. The molecule has 45 heavy (non-hydrogen) atoms. The van der Waals surface area contributed by atoms with Gasteiger partial charge in [0.1, 0.15) is 12.5 Å². The molecule has 0 aliphatic carbocycles. The summed E-state index contributed by atoms with van der Waals surface area (Å²) in [6.45, 7) is 13.4. The van der Waals surface area contributed by atoms with Gasteiger partial charge in [0.2, 0.25) is 5.91 Å². The number of nitrogens with one attached hydrogen (secondary N) is 1. The van der Waals surface area contributed by atoms with Crippen LogP contribution in [0, 0.1) is 25.7 Å². The number of benzene rings is 2. The zero-order valence-corrected chi connectivity index (χ0v) is 27.4. The highest BCUT2D eigenvalue weighted by molar-refractivity contribution is 6.00. The molecule has 0 saturated heterocycles. The summed E-state index contributed by atoms with van der Waals surface area (Å²) in [5, 5.41) is 14.4. The molecule has 0 aromatic heterocycles. The third-order valence-corrected chi connectivity index (χ3v) is 9.15. The second-order valence-corrected chi connectivity index (χ2v) is 12.7. The van der Waals surface area contributed by atoms with Crippen molar-refractivity contribution in [3.63, 3.8) is 0 Å². The van der Waals surface area contributed by atoms with Crippen LogP contribution in [-0.2, 0) is 32.1 Å². The van der Waals surface area contributed by atoms with Crippen molar-refractivity contribution in [2.45, 2.75) is 98.4 Å². The van der Waals surface area contributed by atoms with Crippen LogP contribution >= 0.6 is 0 Å². The lowest BCUT2D eigenvalue weighted by Crippen LogP contribution is -2.43. The van der Waals surface area contributed by atoms with Crippen LogP contribution in [0.4, 0.5) is 0 Å². The molecule has 0 spiro atoms. The van der Waals surface area contributed by atoms with Crippen molar-refractivity contribution in [2.24, 2.45) is 11.8 Å². The summed E-state index contributed by atoms with van der Waals surface area (Å²) in [4.78, 5) is 54.3. The molecule has 8 nitrogen and oxygen atoms in total. The van der Waals surface area contributed by atoms with Gasteiger partial charge >= 0.3 is 5.97 Å². The minimum Gasteiger partial charge on any atom is -0.460 e. The summed E-state index contributed by atoms with van der Waals surface area (Å²) in [5.41, 5.74) is 5.14. The Morgan fingerprint density at radius 2 is 1.71 bits per heavy atom. The van der Waals surface area contributed by atoms with E-state index in [4.69, 9.17) is 4.74 Å². The molecule has 0 saturated carbocycles. The Balaban J connectivity index is 1.45. The number of ketones is 1. The van der Waals surface area contributed by atoms with Crippen molar-refractivity contribution in [1.82, 2.24) is 10.2 Å². The standard InChI is InChI=1S/C37H46N2O6/c1-8-10-27-17-31-34(41)33(29-15-22(5)23(6)16-30(29)36(43)39(31)19-27)37(44)45-20-26-13-11-25(12-14-26)18-32(40)24(7)38-35(42)28(9-2)21(3)4/h8,10-16,19,21,24,28,31,33-34,41H,9,17-18,20H2,1-7H3,(H,38,42)/b10-8+/t24-,28-,31-,33?,34-/m0/s1. The summed E-state index contributed by atoms with van der Waals surface area (Å²) >= 11 is 0. The first-order valence-electron chi connectivity index (χ1n) is 15.9. The Labute approximate surface area is 266 Å². The number of Topliss-reactive ketones (excluding diaryl/α,β-unsaturated/α-hetero) is 1. The number of fused-ring (bicyclic) bond motifs is 2. The molecule has 2 aromatic rings. The number of aliphatic hydroxyl groups is 1. The van der Waals surface area contributed by atoms with E-state index in [-0.39, 0.29) is 42.5 Å². The number of carbonyl (C=O) groups is 4. The zero-order valence-electron chi connectivity index (χ0n) is 27.4. The normalized spacial score (nSPS) is 20.7. The highest BCUT2D eigenvalue weighted by atomic mass is 16.5. The molecule has 4 rings (SSSR count). The maximum absolute atomic E-state index is 13.7. The van der Waals surface area contributed by atoms with E-state index in [2.05, 4.69) is 5.32 Å². The van der Waals surface area contributed by atoms with Gasteiger partial charge in [-0.1, -0.05) is 63.3 Å². The van der Waals surface area contributed by atoms with E-state index in [1.807, 2.05) is 71.9 Å². The van der Waals surface area contributed by atoms with Gasteiger partial charge in [0.15, 0.2) is 5.78 Å². The average Bonchev–Trinajstić information content (AvgIpc) is 3.39. The van der Waals surface area contributed by atoms with Crippen LogP contribution < -0.4 is 5.32 Å². The lowest BCUT2D eigenvalue weighted by atomic mass is 9.85. The molecule has 2 aromatic carbocycles. The number of allylic oxidation sites excluding steroid dienone is 2. The Morgan fingerprint density at radius 3 is 2.33 bits per heavy atom. The molecule has 2 N–H and O–H groups in total. The van der Waals surface area contributed by atoms with Gasteiger partial charge in [-0.3, -0.25) is 19.2 Å². The van der Waals surface area contributed by atoms with Crippen molar-refractivity contribution in [3.05, 3.63) is 93.7 Å². The molecule has 240 valence electrons. The molecular formula is C37H46N2O6. The fourth-order valence-corrected chi connectivity index (χ4v) is 6.29. The summed E-state index contributed by atoms with van der Waals surface area (Å²) in [6, 6.07) is 9.64. The van der Waals surface area contributed by atoms with E-state index in [1.54, 1.807) is 36.2 Å². The molecule has 8 heteroatoms. The van der Waals surface area contributed by atoms with E-state index >= 15 is 0 Å². The minimum atomic E-state index is -1.16. The number of aliphatic hydroxyl groups excluding tert-OH is 1. The van der Waals surface area contributed by atoms with Crippen molar-refractivity contribution in [2.75, 3.05) is 0 Å². The van der Waals surface area contributed by atoms with Crippen LogP contribution in [0.25, 0.3) is 0 Å². The van der Waals surface area contributed by atoms with Gasteiger partial charge in [0, 0.05) is 24.1 Å². The summed E-state index contributed by atoms with van der Waals surface area (Å²) in [7, 11) is 0. The fraction of sp³-hybridized carbons (Fsp3) is 0.459. The van der Waals surface area contributed by atoms with Crippen LogP contribution in [0.5, 0.6) is 0 Å². The van der Waals surface area contributed by atoms with Gasteiger partial charge in [0.05, 0.1) is 18.2 Å². The number of rotatable bonds is 11. The summed E-state index contributed by atoms with van der Waals surface area (Å²) in [6.07, 6.45) is 5.72. The Kier molecular flexibility index (Phi) is 10.8. The van der Waals surface area contributed by atoms with Crippen LogP contribution in [0.1, 0.15) is 91.6 Å². The van der Waals surface area contributed by atoms with Crippen molar-refractivity contribution >= 4 is 23.6 Å². The second kappa shape index (κ2) is 14.4. The highest BCUT2D eigenvalue weighted by Gasteiger charge is 2.46. The SMILES string of the molecule is C/C=C/C1=CN2C(=O)c3cc(C)c(C)cc3C(C(=O)OCc3ccc(CC(=O)[C@H](C)NC(=O)[C@@H](CC)C(C)C)cc3)[C@@H](O)[C@@H]2C1. The van der Waals surface area contributed by atoms with E-state index in [0.717, 1.165) is 27.8 Å². The van der Waals surface area contributed by atoms with Gasteiger partial charge in [-0.05, 0) is 85.9 Å². The number of ether oxygens (including phenoxy) is 1. The van der Waals surface area contributed by atoms with Crippen molar-refractivity contribution in [1.29, 1.82) is 0 Å². The molecule has 2 aliphatic heterocycles. The Hall–Kier alpha value is -4.04. The monoisotopic (exact) mass is 614 g/mol.